The van der Waals surface area contributed by atoms with Gasteiger partial charge in [-0.25, -0.2) is 4.68 Å². The molecule has 1 atom stereocenters. The molecule has 1 saturated carbocycles. The van der Waals surface area contributed by atoms with E-state index in [1.165, 1.54) is 41.5 Å². The zero-order chi connectivity index (χ0) is 20.2. The Labute approximate surface area is 184 Å². The van der Waals surface area contributed by atoms with E-state index in [4.69, 9.17) is 12.2 Å². The van der Waals surface area contributed by atoms with Crippen LogP contribution < -0.4 is 0 Å². The number of carbonyl (C=O) groups is 1. The molecule has 0 saturated heterocycles. The maximum Gasteiger partial charge on any atom is 0.233 e. The lowest BCUT2D eigenvalue weighted by Crippen LogP contribution is -2.40. The monoisotopic (exact) mass is 441 g/mol. The van der Waals surface area contributed by atoms with Crippen LogP contribution in [0.2, 0.25) is 0 Å². The Morgan fingerprint density at radius 1 is 1.21 bits per heavy atom. The summed E-state index contributed by atoms with van der Waals surface area (Å²) in [4.78, 5) is 15.1. The van der Waals surface area contributed by atoms with Gasteiger partial charge in [0.1, 0.15) is 0 Å². The molecule has 0 aliphatic heterocycles. The van der Waals surface area contributed by atoms with Crippen molar-refractivity contribution in [2.45, 2.75) is 36.7 Å². The fourth-order valence-electron chi connectivity index (χ4n) is 3.33. The summed E-state index contributed by atoms with van der Waals surface area (Å²) in [6, 6.07) is 20.4. The van der Waals surface area contributed by atoms with E-state index < -0.39 is 0 Å². The lowest BCUT2D eigenvalue weighted by Gasteiger charge is -2.29. The van der Waals surface area contributed by atoms with Crippen LogP contribution in [0.1, 0.15) is 25.3 Å². The summed E-state index contributed by atoms with van der Waals surface area (Å²) in [5.74, 6) is 1.17. The van der Waals surface area contributed by atoms with E-state index in [-0.39, 0.29) is 11.9 Å². The van der Waals surface area contributed by atoms with Gasteiger partial charge in [-0.05, 0) is 55.6 Å². The number of nitrogens with zero attached hydrogens (tertiary/aromatic N) is 3. The van der Waals surface area contributed by atoms with Gasteiger partial charge >= 0.3 is 0 Å². The number of rotatable bonds is 8. The highest BCUT2D eigenvalue weighted by Gasteiger charge is 2.34. The minimum Gasteiger partial charge on any atom is -0.335 e. The van der Waals surface area contributed by atoms with Crippen LogP contribution in [0.25, 0.3) is 5.69 Å². The maximum atomic E-state index is 13.1. The van der Waals surface area contributed by atoms with Crippen LogP contribution in [0.5, 0.6) is 0 Å². The summed E-state index contributed by atoms with van der Waals surface area (Å²) >= 11 is 8.40. The molecular formula is C22H23N3OS3. The first kappa shape index (κ1) is 20.3. The van der Waals surface area contributed by atoms with E-state index in [9.17, 15) is 4.79 Å². The van der Waals surface area contributed by atoms with E-state index in [0.29, 0.717) is 22.2 Å². The van der Waals surface area contributed by atoms with Crippen LogP contribution in [-0.2, 0) is 11.3 Å². The van der Waals surface area contributed by atoms with Crippen LogP contribution in [0.3, 0.4) is 0 Å². The second-order valence-corrected chi connectivity index (χ2v) is 10.1. The third-order valence-electron chi connectivity index (χ3n) is 5.16. The number of hydrogen-bond donors (Lipinski definition) is 0. The van der Waals surface area contributed by atoms with Crippen molar-refractivity contribution in [3.63, 3.8) is 0 Å². The first-order valence-electron chi connectivity index (χ1n) is 9.73. The van der Waals surface area contributed by atoms with E-state index in [0.717, 1.165) is 10.0 Å². The molecule has 1 aliphatic carbocycles. The summed E-state index contributed by atoms with van der Waals surface area (Å²) in [5.41, 5.74) is 2.11. The van der Waals surface area contributed by atoms with Crippen molar-refractivity contribution in [1.82, 2.24) is 14.7 Å². The van der Waals surface area contributed by atoms with E-state index in [1.54, 1.807) is 4.68 Å². The third kappa shape index (κ3) is 5.15. The summed E-state index contributed by atoms with van der Waals surface area (Å²) in [6.45, 7) is 2.84. The Morgan fingerprint density at radius 2 is 1.86 bits per heavy atom. The molecule has 7 heteroatoms. The number of amides is 1. The molecule has 0 bridgehead atoms. The number of thioether (sulfide) groups is 1. The Morgan fingerprint density at radius 3 is 2.52 bits per heavy atom. The zero-order valence-electron chi connectivity index (χ0n) is 16.2. The Hall–Kier alpha value is -1.96. The minimum absolute atomic E-state index is 0.158. The Bertz CT molecular complexity index is 1010. The summed E-state index contributed by atoms with van der Waals surface area (Å²) in [7, 11) is 0. The lowest BCUT2D eigenvalue weighted by molar-refractivity contribution is -0.131. The van der Waals surface area contributed by atoms with E-state index in [1.807, 2.05) is 53.4 Å². The standard InChI is InChI=1S/C22H23N3OS3/c1-16(18-12-13-18)24(14-17-8-4-2-5-9-17)20(26)15-28-21-23-25(22(27)29-21)19-10-6-3-7-11-19/h2-11,16,18H,12-15H2,1H3. The molecule has 0 radical (unpaired) electrons. The molecule has 1 unspecified atom stereocenters. The second-order valence-electron chi connectivity index (χ2n) is 7.26. The topological polar surface area (TPSA) is 38.1 Å². The van der Waals surface area contributed by atoms with E-state index in [2.05, 4.69) is 24.2 Å². The third-order valence-corrected chi connectivity index (χ3v) is 7.51. The van der Waals surface area contributed by atoms with Crippen molar-refractivity contribution >= 4 is 41.2 Å². The Kier molecular flexibility index (Phi) is 6.47. The van der Waals surface area contributed by atoms with Crippen LogP contribution in [0, 0.1) is 9.87 Å². The molecule has 1 aromatic heterocycles. The molecule has 1 heterocycles. The minimum atomic E-state index is 0.158. The molecule has 1 fully saturated rings. The molecule has 29 heavy (non-hydrogen) atoms. The molecule has 3 aromatic rings. The van der Waals surface area contributed by atoms with Crippen LogP contribution in [0.4, 0.5) is 0 Å². The average Bonchev–Trinajstić information content (AvgIpc) is 3.54. The molecule has 0 N–H and O–H groups in total. The van der Waals surface area contributed by atoms with Crippen LogP contribution in [0.15, 0.2) is 65.0 Å². The highest BCUT2D eigenvalue weighted by Crippen LogP contribution is 2.36. The van der Waals surface area contributed by atoms with Gasteiger partial charge < -0.3 is 4.90 Å². The van der Waals surface area contributed by atoms with Crippen molar-refractivity contribution in [2.24, 2.45) is 5.92 Å². The molecule has 1 aliphatic rings. The molecule has 2 aromatic carbocycles. The number of benzene rings is 2. The van der Waals surface area contributed by atoms with Crippen molar-refractivity contribution in [2.75, 3.05) is 5.75 Å². The number of aromatic nitrogens is 2. The number of para-hydroxylation sites is 1. The second kappa shape index (κ2) is 9.24. The van der Waals surface area contributed by atoms with Crippen molar-refractivity contribution < 1.29 is 4.79 Å². The highest BCUT2D eigenvalue weighted by atomic mass is 32.2. The molecule has 150 valence electrons. The lowest BCUT2D eigenvalue weighted by atomic mass is 10.1. The fraction of sp³-hybridized carbons (Fsp3) is 0.318. The summed E-state index contributed by atoms with van der Waals surface area (Å²) in [6.07, 6.45) is 2.44. The average molecular weight is 442 g/mol. The van der Waals surface area contributed by atoms with Gasteiger partial charge in [0.15, 0.2) is 8.29 Å². The zero-order valence-corrected chi connectivity index (χ0v) is 18.7. The van der Waals surface area contributed by atoms with Gasteiger partial charge in [-0.15, -0.1) is 5.10 Å². The summed E-state index contributed by atoms with van der Waals surface area (Å²) < 4.78 is 3.28. The largest absolute Gasteiger partial charge is 0.335 e. The van der Waals surface area contributed by atoms with E-state index >= 15 is 0 Å². The van der Waals surface area contributed by atoms with Gasteiger partial charge in [0, 0.05) is 12.6 Å². The first-order valence-corrected chi connectivity index (χ1v) is 11.9. The molecule has 1 amide bonds. The van der Waals surface area contributed by atoms with Gasteiger partial charge in [0.05, 0.1) is 11.4 Å². The van der Waals surface area contributed by atoms with Gasteiger partial charge in [-0.2, -0.15) is 0 Å². The maximum absolute atomic E-state index is 13.1. The smallest absolute Gasteiger partial charge is 0.233 e. The van der Waals surface area contributed by atoms with Crippen molar-refractivity contribution in [1.29, 1.82) is 0 Å². The van der Waals surface area contributed by atoms with Crippen LogP contribution in [-0.4, -0.2) is 32.4 Å². The summed E-state index contributed by atoms with van der Waals surface area (Å²) in [5, 5.41) is 4.61. The highest BCUT2D eigenvalue weighted by molar-refractivity contribution is 8.01. The van der Waals surface area contributed by atoms with Gasteiger partial charge in [0.25, 0.3) is 0 Å². The number of carbonyl (C=O) groups excluding carboxylic acids is 1. The van der Waals surface area contributed by atoms with Gasteiger partial charge in [-0.1, -0.05) is 71.6 Å². The quantitative estimate of drug-likeness (QED) is 0.338. The van der Waals surface area contributed by atoms with Crippen molar-refractivity contribution in [3.05, 3.63) is 70.2 Å². The van der Waals surface area contributed by atoms with Crippen LogP contribution >= 0.6 is 35.3 Å². The molecule has 4 rings (SSSR count). The predicted molar refractivity (Wildman–Crippen MR) is 122 cm³/mol. The van der Waals surface area contributed by atoms with Gasteiger partial charge in [-0.3, -0.25) is 4.79 Å². The predicted octanol–water partition coefficient (Wildman–Crippen LogP) is 5.58. The first-order chi connectivity index (χ1) is 14.1. The normalized spacial score (nSPS) is 14.5. The molecule has 4 nitrogen and oxygen atoms in total. The Balaban J connectivity index is 1.44. The van der Waals surface area contributed by atoms with Gasteiger partial charge in [0.2, 0.25) is 5.91 Å². The molecule has 0 spiro atoms. The fourth-order valence-corrected chi connectivity index (χ4v) is 5.58. The SMILES string of the molecule is CC(C1CC1)N(Cc1ccccc1)C(=O)CSc1nn(-c2ccccc2)c(=S)s1. The molecular weight excluding hydrogens is 418 g/mol. The van der Waals surface area contributed by atoms with Crippen molar-refractivity contribution in [3.8, 4) is 5.69 Å². The number of hydrogen-bond acceptors (Lipinski definition) is 5.